The molecular formula is C33H43N2ReS-. The fourth-order valence-electron chi connectivity index (χ4n) is 6.18. The molecule has 2 aromatic carbocycles. The molecule has 0 aliphatic heterocycles. The Balaban J connectivity index is 0.000000236. The number of nitrogens with zero attached hydrogens (tertiary/aromatic N) is 2. The van der Waals surface area contributed by atoms with Gasteiger partial charge in [-0.2, -0.15) is 4.75 Å². The van der Waals surface area contributed by atoms with Crippen molar-refractivity contribution >= 4 is 22.3 Å². The van der Waals surface area contributed by atoms with Gasteiger partial charge in [0.15, 0.2) is 0 Å². The second-order valence-corrected chi connectivity index (χ2v) is 17.7. The number of rotatable bonds is 2. The summed E-state index contributed by atoms with van der Waals surface area (Å²) in [6.07, 6.45) is 8.72. The Hall–Kier alpha value is -1.52. The predicted molar refractivity (Wildman–Crippen MR) is 157 cm³/mol. The number of hydrogen-bond donors (Lipinski definition) is 0. The van der Waals surface area contributed by atoms with Crippen LogP contribution in [0.25, 0.3) is 5.57 Å². The summed E-state index contributed by atoms with van der Waals surface area (Å²) in [7, 11) is 0. The average Bonchev–Trinajstić information content (AvgIpc) is 2.77. The number of benzene rings is 2. The maximum Gasteiger partial charge on any atom is -0.0422 e. The molecular weight excluding hydrogens is 643 g/mol. The molecule has 4 bridgehead atoms. The third-order valence-electron chi connectivity index (χ3n) is 7.03. The first-order valence-corrected chi connectivity index (χ1v) is 17.9. The molecule has 2 aromatic rings. The van der Waals surface area contributed by atoms with E-state index in [1.54, 1.807) is 0 Å². The predicted octanol–water partition coefficient (Wildman–Crippen LogP) is 8.76. The van der Waals surface area contributed by atoms with Crippen LogP contribution < -0.4 is 0 Å². The van der Waals surface area contributed by atoms with Crippen molar-refractivity contribution in [2.75, 3.05) is 0 Å². The van der Waals surface area contributed by atoms with Crippen molar-refractivity contribution in [3.05, 3.63) is 77.5 Å². The first-order valence-electron chi connectivity index (χ1n) is 13.7. The van der Waals surface area contributed by atoms with Crippen molar-refractivity contribution in [1.29, 1.82) is 0 Å². The molecule has 0 heterocycles. The summed E-state index contributed by atoms with van der Waals surface area (Å²) < 4.78 is 13.8. The van der Waals surface area contributed by atoms with E-state index in [0.29, 0.717) is 4.75 Å². The molecule has 199 valence electrons. The summed E-state index contributed by atoms with van der Waals surface area (Å²) in [6, 6.07) is 20.7. The Kier molecular flexibility index (Phi) is 9.01. The number of hydrogen-bond acceptors (Lipinski definition) is 3. The standard InChI is InChI=1S/C15H10.C10H16S.2C4H9N.Re/c1-2-15(13-9-5-3-6-10-13)14-11-7-4-8-12-14;11-10-4-7-1-8(5-10)3-9(2-7)6-10;2*1-4(2,3)5;/h3-12H;7-9,11H,1-6H2;2*1-3H3;/p-1. The summed E-state index contributed by atoms with van der Waals surface area (Å²) in [5.41, 5.74) is 6.58. The van der Waals surface area contributed by atoms with E-state index in [1.807, 2.05) is 12.1 Å². The van der Waals surface area contributed by atoms with Crippen molar-refractivity contribution in [1.82, 2.24) is 0 Å². The van der Waals surface area contributed by atoms with Crippen LogP contribution in [-0.2, 0) is 28.6 Å². The fourth-order valence-corrected chi connectivity index (χ4v) is 11.4. The third-order valence-corrected chi connectivity index (χ3v) is 13.3. The minimum absolute atomic E-state index is 0.104. The molecule has 2 nitrogen and oxygen atoms in total. The third kappa shape index (κ3) is 8.75. The molecule has 4 aliphatic carbocycles. The van der Waals surface area contributed by atoms with Gasteiger partial charge in [-0.1, -0.05) is 19.3 Å². The van der Waals surface area contributed by atoms with Gasteiger partial charge in [0.2, 0.25) is 0 Å². The molecule has 0 amide bonds. The van der Waals surface area contributed by atoms with Gasteiger partial charge in [-0.05, 0) is 37.0 Å². The van der Waals surface area contributed by atoms with Crippen molar-refractivity contribution in [2.24, 2.45) is 24.9 Å². The zero-order chi connectivity index (χ0) is 26.7. The topological polar surface area (TPSA) is 24.7 Å². The summed E-state index contributed by atoms with van der Waals surface area (Å²) in [4.78, 5) is 0. The van der Waals surface area contributed by atoms with E-state index in [2.05, 4.69) is 99.9 Å². The Morgan fingerprint density at radius 2 is 1.11 bits per heavy atom. The summed E-state index contributed by atoms with van der Waals surface area (Å²) >= 11 is 3.25. The smallest absolute Gasteiger partial charge is 0.0422 e. The molecule has 0 unspecified atom stereocenters. The molecule has 0 saturated heterocycles. The maximum atomic E-state index is 5.69. The van der Waals surface area contributed by atoms with E-state index in [4.69, 9.17) is 19.8 Å². The van der Waals surface area contributed by atoms with Crippen LogP contribution in [0.3, 0.4) is 0 Å². The molecule has 4 saturated carbocycles. The SMILES string of the molecule is CC(C)(C)[N]=[Re](=[C]=C=C(c1ccccc1)c1ccccc1)=[N]C(C)(C)C.[S-]C12CC3CC(CC(C3)C1)C2. The molecule has 0 aromatic heterocycles. The molecule has 0 spiro atoms. The van der Waals surface area contributed by atoms with E-state index < -0.39 is 15.9 Å². The van der Waals surface area contributed by atoms with Crippen LogP contribution in [0.2, 0.25) is 0 Å². The van der Waals surface area contributed by atoms with Crippen LogP contribution in [-0.4, -0.2) is 20.0 Å². The molecule has 4 aliphatic rings. The van der Waals surface area contributed by atoms with E-state index in [-0.39, 0.29) is 11.1 Å². The first-order chi connectivity index (χ1) is 17.4. The van der Waals surface area contributed by atoms with E-state index >= 15 is 0 Å². The van der Waals surface area contributed by atoms with Gasteiger partial charge in [0.05, 0.1) is 0 Å². The quantitative estimate of drug-likeness (QED) is 0.229. The first kappa shape index (κ1) is 28.5. The second-order valence-electron chi connectivity index (χ2n) is 13.2. The Labute approximate surface area is 235 Å². The van der Waals surface area contributed by atoms with Gasteiger partial charge < -0.3 is 12.6 Å². The van der Waals surface area contributed by atoms with E-state index in [9.17, 15) is 0 Å². The van der Waals surface area contributed by atoms with Crippen LogP contribution in [0.4, 0.5) is 0 Å². The molecule has 0 N–H and O–H groups in total. The van der Waals surface area contributed by atoms with Crippen LogP contribution in [0.1, 0.15) is 91.2 Å². The molecule has 0 atom stereocenters. The van der Waals surface area contributed by atoms with Crippen LogP contribution in [0, 0.1) is 17.8 Å². The van der Waals surface area contributed by atoms with Crippen LogP contribution in [0.15, 0.2) is 73.5 Å². The average molecular weight is 686 g/mol. The van der Waals surface area contributed by atoms with E-state index in [1.165, 1.54) is 38.5 Å². The monoisotopic (exact) mass is 686 g/mol. The molecule has 37 heavy (non-hydrogen) atoms. The molecule has 0 radical (unpaired) electrons. The van der Waals surface area contributed by atoms with Gasteiger partial charge in [-0.3, -0.25) is 0 Å². The van der Waals surface area contributed by atoms with E-state index in [0.717, 1.165) is 34.5 Å². The Morgan fingerprint density at radius 1 is 0.730 bits per heavy atom. The maximum absolute atomic E-state index is 5.69. The van der Waals surface area contributed by atoms with Crippen molar-refractivity contribution in [2.45, 2.75) is 95.9 Å². The summed E-state index contributed by atoms with van der Waals surface area (Å²) in [5, 5.41) is 0. The van der Waals surface area contributed by atoms with Crippen molar-refractivity contribution in [3.8, 4) is 0 Å². The second kappa shape index (κ2) is 11.7. The molecule has 4 heteroatoms. The minimum atomic E-state index is -2.44. The fraction of sp³-hybridized carbons (Fsp3) is 0.545. The van der Waals surface area contributed by atoms with Gasteiger partial charge in [0.1, 0.15) is 0 Å². The van der Waals surface area contributed by atoms with Crippen molar-refractivity contribution in [3.63, 3.8) is 0 Å². The van der Waals surface area contributed by atoms with Gasteiger partial charge in [-0.25, -0.2) is 0 Å². The summed E-state index contributed by atoms with van der Waals surface area (Å²) in [5.74, 6) is 3.12. The largest absolute Gasteiger partial charge is 0.786 e. The Morgan fingerprint density at radius 3 is 1.43 bits per heavy atom. The van der Waals surface area contributed by atoms with Gasteiger partial charge in [-0.15, -0.1) is 0 Å². The Bertz CT molecular complexity index is 1200. The van der Waals surface area contributed by atoms with Gasteiger partial charge in [0.25, 0.3) is 0 Å². The molecule has 4 fully saturated rings. The summed E-state index contributed by atoms with van der Waals surface area (Å²) in [6.45, 7) is 12.8. The van der Waals surface area contributed by atoms with Gasteiger partial charge in [0, 0.05) is 0 Å². The van der Waals surface area contributed by atoms with Gasteiger partial charge >= 0.3 is 163 Å². The minimum Gasteiger partial charge on any atom is -0.786 e. The zero-order valence-corrected chi connectivity index (χ0v) is 27.0. The van der Waals surface area contributed by atoms with Crippen LogP contribution in [0.5, 0.6) is 0 Å². The normalized spacial score (nSPS) is 25.8. The van der Waals surface area contributed by atoms with Crippen LogP contribution >= 0.6 is 0 Å². The van der Waals surface area contributed by atoms with Crippen molar-refractivity contribution < 1.29 is 15.9 Å². The zero-order valence-electron chi connectivity index (χ0n) is 23.4. The molecule has 6 rings (SSSR count).